The first-order valence-corrected chi connectivity index (χ1v) is 6.00. The number of nitrogens with zero attached hydrogens (tertiary/aromatic N) is 2. The average molecular weight is 307 g/mol. The van der Waals surface area contributed by atoms with Gasteiger partial charge in [0.25, 0.3) is 0 Å². The van der Waals surface area contributed by atoms with Gasteiger partial charge in [0.05, 0.1) is 9.77 Å². The van der Waals surface area contributed by atoms with Crippen molar-refractivity contribution in [2.24, 2.45) is 5.41 Å². The summed E-state index contributed by atoms with van der Waals surface area (Å²) < 4.78 is 3.21. The van der Waals surface area contributed by atoms with Gasteiger partial charge >= 0.3 is 0 Å². The van der Waals surface area contributed by atoms with Crippen molar-refractivity contribution in [3.63, 3.8) is 0 Å². The van der Waals surface area contributed by atoms with Gasteiger partial charge < -0.3 is 5.32 Å². The molecule has 0 aliphatic heterocycles. The van der Waals surface area contributed by atoms with Crippen molar-refractivity contribution in [3.8, 4) is 0 Å². The predicted octanol–water partition coefficient (Wildman–Crippen LogP) is 2.12. The largest absolute Gasteiger partial charge is 0.316 e. The molecule has 0 bridgehead atoms. The zero-order chi connectivity index (χ0) is 10.6. The molecule has 4 heteroatoms. The molecule has 0 saturated heterocycles. The molecule has 0 aliphatic carbocycles. The van der Waals surface area contributed by atoms with Crippen LogP contribution in [0.25, 0.3) is 0 Å². The van der Waals surface area contributed by atoms with Crippen molar-refractivity contribution in [1.82, 2.24) is 15.1 Å². The molecule has 1 aromatic rings. The highest BCUT2D eigenvalue weighted by molar-refractivity contribution is 14.1. The smallest absolute Gasteiger partial charge is 0.0623 e. The van der Waals surface area contributed by atoms with Crippen molar-refractivity contribution in [2.75, 3.05) is 13.1 Å². The number of nitrogens with one attached hydrogen (secondary N) is 1. The molecule has 0 radical (unpaired) electrons. The van der Waals surface area contributed by atoms with Crippen molar-refractivity contribution < 1.29 is 0 Å². The highest BCUT2D eigenvalue weighted by Gasteiger charge is 2.18. The molecule has 1 rings (SSSR count). The van der Waals surface area contributed by atoms with Gasteiger partial charge in [0.2, 0.25) is 0 Å². The molecule has 0 unspecified atom stereocenters. The normalized spacial score (nSPS) is 12.0. The SMILES string of the molecule is CCNCC(C)(C)Cn1cc(I)cn1. The number of hydrogen-bond acceptors (Lipinski definition) is 2. The minimum atomic E-state index is 0.255. The Morgan fingerprint density at radius 3 is 2.79 bits per heavy atom. The van der Waals surface area contributed by atoms with Gasteiger partial charge in [-0.15, -0.1) is 0 Å². The zero-order valence-electron chi connectivity index (χ0n) is 9.05. The molecule has 0 atom stereocenters. The van der Waals surface area contributed by atoms with E-state index in [1.807, 2.05) is 10.9 Å². The molecule has 14 heavy (non-hydrogen) atoms. The van der Waals surface area contributed by atoms with Crippen LogP contribution in [0.15, 0.2) is 12.4 Å². The summed E-state index contributed by atoms with van der Waals surface area (Å²) in [4.78, 5) is 0. The fourth-order valence-corrected chi connectivity index (χ4v) is 1.83. The second kappa shape index (κ2) is 5.11. The van der Waals surface area contributed by atoms with Gasteiger partial charge in [-0.3, -0.25) is 4.68 Å². The van der Waals surface area contributed by atoms with E-state index in [1.165, 1.54) is 3.57 Å². The van der Waals surface area contributed by atoms with Crippen molar-refractivity contribution >= 4 is 22.6 Å². The van der Waals surface area contributed by atoms with Crippen LogP contribution in [0.1, 0.15) is 20.8 Å². The lowest BCUT2D eigenvalue weighted by atomic mass is 9.93. The van der Waals surface area contributed by atoms with E-state index in [4.69, 9.17) is 0 Å². The van der Waals surface area contributed by atoms with Gasteiger partial charge in [0, 0.05) is 19.3 Å². The van der Waals surface area contributed by atoms with E-state index >= 15 is 0 Å². The molecule has 1 aromatic heterocycles. The maximum Gasteiger partial charge on any atom is 0.0623 e. The minimum Gasteiger partial charge on any atom is -0.316 e. The summed E-state index contributed by atoms with van der Waals surface area (Å²) in [7, 11) is 0. The Hall–Kier alpha value is -0.100. The molecule has 1 heterocycles. The third-order valence-corrected chi connectivity index (χ3v) is 2.60. The van der Waals surface area contributed by atoms with E-state index in [0.29, 0.717) is 0 Å². The summed E-state index contributed by atoms with van der Waals surface area (Å²) >= 11 is 2.28. The predicted molar refractivity (Wildman–Crippen MR) is 67.3 cm³/mol. The van der Waals surface area contributed by atoms with Crippen LogP contribution in [0, 0.1) is 8.99 Å². The molecule has 0 saturated carbocycles. The lowest BCUT2D eigenvalue weighted by molar-refractivity contribution is 0.278. The van der Waals surface area contributed by atoms with Crippen LogP contribution in [0.2, 0.25) is 0 Å². The zero-order valence-corrected chi connectivity index (χ0v) is 11.2. The Bertz CT molecular complexity index is 281. The van der Waals surface area contributed by atoms with Crippen LogP contribution in [-0.2, 0) is 6.54 Å². The summed E-state index contributed by atoms with van der Waals surface area (Å²) in [5.41, 5.74) is 0.255. The molecular weight excluding hydrogens is 289 g/mol. The van der Waals surface area contributed by atoms with Crippen LogP contribution in [0.5, 0.6) is 0 Å². The Morgan fingerprint density at radius 2 is 2.29 bits per heavy atom. The maximum atomic E-state index is 4.29. The Morgan fingerprint density at radius 1 is 1.57 bits per heavy atom. The quantitative estimate of drug-likeness (QED) is 0.845. The van der Waals surface area contributed by atoms with Gasteiger partial charge in [0.1, 0.15) is 0 Å². The maximum absolute atomic E-state index is 4.29. The first-order chi connectivity index (χ1) is 6.53. The van der Waals surface area contributed by atoms with Crippen LogP contribution < -0.4 is 5.32 Å². The van der Waals surface area contributed by atoms with Gasteiger partial charge in [0.15, 0.2) is 0 Å². The van der Waals surface area contributed by atoms with Gasteiger partial charge in [-0.1, -0.05) is 20.8 Å². The van der Waals surface area contributed by atoms with Crippen molar-refractivity contribution in [2.45, 2.75) is 27.3 Å². The topological polar surface area (TPSA) is 29.9 Å². The highest BCUT2D eigenvalue weighted by atomic mass is 127. The molecule has 80 valence electrons. The van der Waals surface area contributed by atoms with Crippen LogP contribution in [-0.4, -0.2) is 22.9 Å². The summed E-state index contributed by atoms with van der Waals surface area (Å²) in [6, 6.07) is 0. The number of halogens is 1. The first kappa shape index (κ1) is 12.0. The summed E-state index contributed by atoms with van der Waals surface area (Å²) in [5, 5.41) is 7.66. The Balaban J connectivity index is 2.49. The standard InChI is InChI=1S/C10H18IN3/c1-4-12-7-10(2,3)8-14-6-9(11)5-13-14/h5-6,12H,4,7-8H2,1-3H3. The molecule has 0 fully saturated rings. The van der Waals surface area contributed by atoms with Gasteiger partial charge in [-0.05, 0) is 34.6 Å². The molecular formula is C10H18IN3. The van der Waals surface area contributed by atoms with Crippen molar-refractivity contribution in [3.05, 3.63) is 16.0 Å². The summed E-state index contributed by atoms with van der Waals surface area (Å²) in [5.74, 6) is 0. The van der Waals surface area contributed by atoms with E-state index in [-0.39, 0.29) is 5.41 Å². The third kappa shape index (κ3) is 3.96. The molecule has 0 aromatic carbocycles. The second-order valence-electron chi connectivity index (χ2n) is 4.30. The van der Waals surface area contributed by atoms with E-state index in [2.05, 4.69) is 60.0 Å². The number of hydrogen-bond donors (Lipinski definition) is 1. The van der Waals surface area contributed by atoms with E-state index in [9.17, 15) is 0 Å². The van der Waals surface area contributed by atoms with Gasteiger partial charge in [-0.2, -0.15) is 5.10 Å². The first-order valence-electron chi connectivity index (χ1n) is 4.92. The average Bonchev–Trinajstić information content (AvgIpc) is 2.47. The van der Waals surface area contributed by atoms with E-state index < -0.39 is 0 Å². The highest BCUT2D eigenvalue weighted by Crippen LogP contribution is 2.16. The lowest BCUT2D eigenvalue weighted by Crippen LogP contribution is -2.33. The number of aromatic nitrogens is 2. The second-order valence-corrected chi connectivity index (χ2v) is 5.55. The molecule has 1 N–H and O–H groups in total. The fourth-order valence-electron chi connectivity index (χ4n) is 1.38. The molecule has 0 amide bonds. The molecule has 0 spiro atoms. The number of rotatable bonds is 5. The van der Waals surface area contributed by atoms with E-state index in [0.717, 1.165) is 19.6 Å². The lowest BCUT2D eigenvalue weighted by Gasteiger charge is -2.24. The summed E-state index contributed by atoms with van der Waals surface area (Å²) in [6.07, 6.45) is 3.97. The van der Waals surface area contributed by atoms with Crippen molar-refractivity contribution in [1.29, 1.82) is 0 Å². The fraction of sp³-hybridized carbons (Fsp3) is 0.700. The van der Waals surface area contributed by atoms with E-state index in [1.54, 1.807) is 0 Å². The molecule has 0 aliphatic rings. The Kier molecular flexibility index (Phi) is 4.37. The Labute approximate surface area is 99.4 Å². The van der Waals surface area contributed by atoms with Gasteiger partial charge in [-0.25, -0.2) is 0 Å². The van der Waals surface area contributed by atoms with Crippen LogP contribution >= 0.6 is 22.6 Å². The van der Waals surface area contributed by atoms with Crippen LogP contribution in [0.4, 0.5) is 0 Å². The summed E-state index contributed by atoms with van der Waals surface area (Å²) in [6.45, 7) is 9.66. The minimum absolute atomic E-state index is 0.255. The molecule has 3 nitrogen and oxygen atoms in total. The van der Waals surface area contributed by atoms with Crippen LogP contribution in [0.3, 0.4) is 0 Å². The monoisotopic (exact) mass is 307 g/mol. The third-order valence-electron chi connectivity index (χ3n) is 2.05.